The maximum atomic E-state index is 10.9. The third-order valence-electron chi connectivity index (χ3n) is 2.60. The predicted octanol–water partition coefficient (Wildman–Crippen LogP) is 2.37. The molecule has 19 heavy (non-hydrogen) atoms. The number of carbonyl (C=O) groups is 1. The topological polar surface area (TPSA) is 81.8 Å². The molecule has 1 heterocycles. The van der Waals surface area contributed by atoms with Crippen molar-refractivity contribution in [1.82, 2.24) is 4.98 Å². The fourth-order valence-electron chi connectivity index (χ4n) is 1.65. The second-order valence-electron chi connectivity index (χ2n) is 3.83. The summed E-state index contributed by atoms with van der Waals surface area (Å²) in [5.74, 6) is 0.489. The van der Waals surface area contributed by atoms with Crippen LogP contribution in [0.4, 0.5) is 0 Å². The van der Waals surface area contributed by atoms with Gasteiger partial charge in [0.2, 0.25) is 5.89 Å². The first kappa shape index (κ1) is 12.9. The Kier molecular flexibility index (Phi) is 3.41. The van der Waals surface area contributed by atoms with E-state index >= 15 is 0 Å². The first-order valence-corrected chi connectivity index (χ1v) is 5.49. The number of methoxy groups -OCH3 is 2. The molecule has 6 nitrogen and oxygen atoms in total. The number of carboxylic acid groups (broad SMARTS) is 1. The van der Waals surface area contributed by atoms with Crippen LogP contribution in [-0.4, -0.2) is 30.3 Å². The van der Waals surface area contributed by atoms with Crippen molar-refractivity contribution >= 4 is 5.97 Å². The molecule has 0 unspecified atom stereocenters. The van der Waals surface area contributed by atoms with E-state index in [1.54, 1.807) is 25.1 Å². The molecule has 1 N–H and O–H groups in total. The van der Waals surface area contributed by atoms with Crippen molar-refractivity contribution in [3.63, 3.8) is 0 Å². The van der Waals surface area contributed by atoms with Gasteiger partial charge in [-0.3, -0.25) is 0 Å². The van der Waals surface area contributed by atoms with Crippen molar-refractivity contribution in [2.75, 3.05) is 14.2 Å². The number of nitrogens with zero attached hydrogens (tertiary/aromatic N) is 1. The minimum Gasteiger partial charge on any atom is -0.497 e. The fraction of sp³-hybridized carbons (Fsp3) is 0.231. The second-order valence-corrected chi connectivity index (χ2v) is 3.83. The minimum absolute atomic E-state index is 0.100. The van der Waals surface area contributed by atoms with Gasteiger partial charge in [-0.05, 0) is 19.1 Å². The molecule has 0 aliphatic rings. The number of hydrogen-bond donors (Lipinski definition) is 1. The normalized spacial score (nSPS) is 10.3. The molecule has 0 spiro atoms. The SMILES string of the molecule is COc1cc(OC)cc(-c2nc(C(=O)O)c(C)o2)c1. The van der Waals surface area contributed by atoms with Crippen molar-refractivity contribution in [1.29, 1.82) is 0 Å². The number of hydrogen-bond acceptors (Lipinski definition) is 5. The summed E-state index contributed by atoms with van der Waals surface area (Å²) in [7, 11) is 3.06. The van der Waals surface area contributed by atoms with E-state index in [9.17, 15) is 4.79 Å². The first-order valence-electron chi connectivity index (χ1n) is 5.49. The summed E-state index contributed by atoms with van der Waals surface area (Å²) >= 11 is 0. The zero-order valence-electron chi connectivity index (χ0n) is 10.8. The molecule has 100 valence electrons. The number of aryl methyl sites for hydroxylation is 1. The van der Waals surface area contributed by atoms with Crippen LogP contribution in [0.25, 0.3) is 11.5 Å². The van der Waals surface area contributed by atoms with Crippen LogP contribution in [0.2, 0.25) is 0 Å². The molecule has 0 bridgehead atoms. The van der Waals surface area contributed by atoms with E-state index < -0.39 is 5.97 Å². The molecule has 2 aromatic rings. The van der Waals surface area contributed by atoms with E-state index in [-0.39, 0.29) is 17.3 Å². The largest absolute Gasteiger partial charge is 0.497 e. The van der Waals surface area contributed by atoms with Gasteiger partial charge in [-0.25, -0.2) is 9.78 Å². The summed E-state index contributed by atoms with van der Waals surface area (Å²) in [6, 6.07) is 5.09. The quantitative estimate of drug-likeness (QED) is 0.911. The van der Waals surface area contributed by atoms with Crippen molar-refractivity contribution in [3.8, 4) is 23.0 Å². The van der Waals surface area contributed by atoms with E-state index in [1.165, 1.54) is 14.2 Å². The summed E-state index contributed by atoms with van der Waals surface area (Å²) < 4.78 is 15.6. The van der Waals surface area contributed by atoms with E-state index in [4.69, 9.17) is 19.0 Å². The number of oxazole rings is 1. The molecule has 0 aliphatic heterocycles. The standard InChI is InChI=1S/C13H13NO5/c1-7-11(13(15)16)14-12(19-7)8-4-9(17-2)6-10(5-8)18-3/h4-6H,1-3H3,(H,15,16). The van der Waals surface area contributed by atoms with Crippen LogP contribution in [-0.2, 0) is 0 Å². The molecule has 0 amide bonds. The lowest BCUT2D eigenvalue weighted by Crippen LogP contribution is -1.98. The van der Waals surface area contributed by atoms with Crippen LogP contribution < -0.4 is 9.47 Å². The summed E-state index contributed by atoms with van der Waals surface area (Å²) in [6.07, 6.45) is 0. The molecule has 1 aromatic carbocycles. The third-order valence-corrected chi connectivity index (χ3v) is 2.60. The van der Waals surface area contributed by atoms with Gasteiger partial charge in [0.1, 0.15) is 17.3 Å². The molecule has 1 aromatic heterocycles. The predicted molar refractivity (Wildman–Crippen MR) is 66.7 cm³/mol. The fourth-order valence-corrected chi connectivity index (χ4v) is 1.65. The highest BCUT2D eigenvalue weighted by molar-refractivity contribution is 5.87. The highest BCUT2D eigenvalue weighted by Gasteiger charge is 2.18. The Balaban J connectivity index is 2.51. The monoisotopic (exact) mass is 263 g/mol. The van der Waals surface area contributed by atoms with Gasteiger partial charge in [-0.1, -0.05) is 0 Å². The van der Waals surface area contributed by atoms with Gasteiger partial charge in [-0.2, -0.15) is 0 Å². The smallest absolute Gasteiger partial charge is 0.358 e. The Morgan fingerprint density at radius 2 is 1.79 bits per heavy atom. The minimum atomic E-state index is -1.12. The number of benzene rings is 1. The molecular weight excluding hydrogens is 250 g/mol. The van der Waals surface area contributed by atoms with Gasteiger partial charge in [0.15, 0.2) is 5.69 Å². The zero-order valence-corrected chi connectivity index (χ0v) is 10.8. The molecular formula is C13H13NO5. The van der Waals surface area contributed by atoms with Gasteiger partial charge in [0.25, 0.3) is 0 Å². The zero-order chi connectivity index (χ0) is 14.0. The van der Waals surface area contributed by atoms with Gasteiger partial charge >= 0.3 is 5.97 Å². The van der Waals surface area contributed by atoms with E-state index in [1.807, 2.05) is 0 Å². The van der Waals surface area contributed by atoms with Crippen LogP contribution in [0.3, 0.4) is 0 Å². The maximum absolute atomic E-state index is 10.9. The molecule has 0 saturated carbocycles. The van der Waals surface area contributed by atoms with Crippen molar-refractivity contribution in [2.45, 2.75) is 6.92 Å². The second kappa shape index (κ2) is 5.01. The maximum Gasteiger partial charge on any atom is 0.358 e. The van der Waals surface area contributed by atoms with E-state index in [0.717, 1.165) is 0 Å². The van der Waals surface area contributed by atoms with Gasteiger partial charge in [-0.15, -0.1) is 0 Å². The highest BCUT2D eigenvalue weighted by Crippen LogP contribution is 2.30. The number of rotatable bonds is 4. The average Bonchev–Trinajstić information content (AvgIpc) is 2.80. The van der Waals surface area contributed by atoms with Crippen LogP contribution in [0.1, 0.15) is 16.2 Å². The van der Waals surface area contributed by atoms with Crippen molar-refractivity contribution in [2.24, 2.45) is 0 Å². The molecule has 6 heteroatoms. The van der Waals surface area contributed by atoms with E-state index in [0.29, 0.717) is 17.1 Å². The van der Waals surface area contributed by atoms with E-state index in [2.05, 4.69) is 4.98 Å². The van der Waals surface area contributed by atoms with Crippen molar-refractivity contribution < 1.29 is 23.8 Å². The molecule has 2 rings (SSSR count). The Morgan fingerprint density at radius 1 is 1.21 bits per heavy atom. The first-order chi connectivity index (χ1) is 9.05. The lowest BCUT2D eigenvalue weighted by Gasteiger charge is -2.05. The Bertz CT molecular complexity index is 595. The van der Waals surface area contributed by atoms with Gasteiger partial charge in [0.05, 0.1) is 14.2 Å². The number of aromatic carboxylic acids is 1. The lowest BCUT2D eigenvalue weighted by molar-refractivity contribution is 0.0689. The molecule has 0 fully saturated rings. The third kappa shape index (κ3) is 2.52. The highest BCUT2D eigenvalue weighted by atomic mass is 16.5. The molecule has 0 radical (unpaired) electrons. The summed E-state index contributed by atoms with van der Waals surface area (Å²) in [5, 5.41) is 8.96. The van der Waals surface area contributed by atoms with Crippen LogP contribution in [0, 0.1) is 6.92 Å². The average molecular weight is 263 g/mol. The Labute approximate surface area is 109 Å². The molecule has 0 saturated heterocycles. The van der Waals surface area contributed by atoms with Crippen LogP contribution in [0.15, 0.2) is 22.6 Å². The number of aromatic nitrogens is 1. The van der Waals surface area contributed by atoms with Crippen LogP contribution in [0.5, 0.6) is 11.5 Å². The molecule has 0 atom stereocenters. The number of ether oxygens (including phenoxy) is 2. The summed E-state index contributed by atoms with van der Waals surface area (Å²) in [5.41, 5.74) is 0.489. The van der Waals surface area contributed by atoms with Crippen molar-refractivity contribution in [3.05, 3.63) is 29.7 Å². The summed E-state index contributed by atoms with van der Waals surface area (Å²) in [4.78, 5) is 14.9. The lowest BCUT2D eigenvalue weighted by atomic mass is 10.2. The molecule has 0 aliphatic carbocycles. The summed E-state index contributed by atoms with van der Waals surface area (Å²) in [6.45, 7) is 1.55. The van der Waals surface area contributed by atoms with Gasteiger partial charge in [0, 0.05) is 11.6 Å². The van der Waals surface area contributed by atoms with Gasteiger partial charge < -0.3 is 19.0 Å². The Hall–Kier alpha value is -2.50. The Morgan fingerprint density at radius 3 is 2.21 bits per heavy atom. The van der Waals surface area contributed by atoms with Crippen LogP contribution >= 0.6 is 0 Å². The number of carboxylic acids is 1.